The molecule has 0 atom stereocenters. The molecule has 0 amide bonds. The number of hydrogen-bond acceptors (Lipinski definition) is 5. The minimum Gasteiger partial charge on any atom is -0.396 e. The first-order chi connectivity index (χ1) is 8.74. The monoisotopic (exact) mass is 279 g/mol. The van der Waals surface area contributed by atoms with Crippen LogP contribution in [0, 0.1) is 0 Å². The van der Waals surface area contributed by atoms with E-state index in [0.717, 1.165) is 32.0 Å². The summed E-state index contributed by atoms with van der Waals surface area (Å²) >= 11 is 0. The molecule has 18 heavy (non-hydrogen) atoms. The molecule has 0 saturated carbocycles. The predicted octanol–water partition coefficient (Wildman–Crippen LogP) is 1.40. The van der Waals surface area contributed by atoms with Crippen LogP contribution in [0.4, 0.5) is 0 Å². The summed E-state index contributed by atoms with van der Waals surface area (Å²) in [5, 5.41) is 11.9. The van der Waals surface area contributed by atoms with E-state index < -0.39 is 8.80 Å². The highest BCUT2D eigenvalue weighted by Crippen LogP contribution is 2.17. The van der Waals surface area contributed by atoms with Crippen molar-refractivity contribution in [1.29, 1.82) is 0 Å². The van der Waals surface area contributed by atoms with Crippen LogP contribution in [0.5, 0.6) is 0 Å². The molecule has 6 heteroatoms. The van der Waals surface area contributed by atoms with Crippen molar-refractivity contribution in [2.75, 3.05) is 39.5 Å². The molecule has 0 radical (unpaired) electrons. The third kappa shape index (κ3) is 8.18. The Morgan fingerprint density at radius 2 is 1.39 bits per heavy atom. The molecule has 0 spiro atoms. The molecular formula is C12H29NO4Si. The van der Waals surface area contributed by atoms with Gasteiger partial charge in [-0.15, -0.1) is 0 Å². The lowest BCUT2D eigenvalue weighted by molar-refractivity contribution is 0.0708. The Balaban J connectivity index is 3.97. The molecule has 0 bridgehead atoms. The van der Waals surface area contributed by atoms with Crippen LogP contribution in [-0.2, 0) is 13.3 Å². The van der Waals surface area contributed by atoms with Gasteiger partial charge in [-0.25, -0.2) is 0 Å². The molecule has 0 aromatic carbocycles. The van der Waals surface area contributed by atoms with Gasteiger partial charge in [0.1, 0.15) is 0 Å². The van der Waals surface area contributed by atoms with Crippen molar-refractivity contribution in [3.63, 3.8) is 0 Å². The van der Waals surface area contributed by atoms with E-state index in [4.69, 9.17) is 18.4 Å². The van der Waals surface area contributed by atoms with Gasteiger partial charge in [0.2, 0.25) is 0 Å². The lowest BCUT2D eigenvalue weighted by atomic mass is 10.4. The third-order valence-corrected chi connectivity index (χ3v) is 5.59. The third-order valence-electron chi connectivity index (χ3n) is 2.44. The molecule has 0 aliphatic carbocycles. The van der Waals surface area contributed by atoms with Gasteiger partial charge < -0.3 is 23.7 Å². The van der Waals surface area contributed by atoms with E-state index >= 15 is 0 Å². The van der Waals surface area contributed by atoms with Crippen molar-refractivity contribution in [3.8, 4) is 0 Å². The molecule has 0 aliphatic rings. The van der Waals surface area contributed by atoms with Crippen LogP contribution in [0.25, 0.3) is 0 Å². The van der Waals surface area contributed by atoms with Gasteiger partial charge in [-0.05, 0) is 46.7 Å². The molecule has 0 aromatic heterocycles. The average molecular weight is 279 g/mol. The lowest BCUT2D eigenvalue weighted by Gasteiger charge is -2.28. The predicted molar refractivity (Wildman–Crippen MR) is 74.6 cm³/mol. The van der Waals surface area contributed by atoms with Gasteiger partial charge in [0, 0.05) is 32.5 Å². The minimum atomic E-state index is -2.45. The van der Waals surface area contributed by atoms with Crippen molar-refractivity contribution >= 4 is 8.80 Å². The van der Waals surface area contributed by atoms with Crippen LogP contribution in [0.3, 0.4) is 0 Å². The minimum absolute atomic E-state index is 0.239. The van der Waals surface area contributed by atoms with Gasteiger partial charge in [-0.3, -0.25) is 0 Å². The Bertz CT molecular complexity index is 166. The molecule has 0 aromatic rings. The zero-order valence-electron chi connectivity index (χ0n) is 12.0. The Morgan fingerprint density at radius 1 is 0.889 bits per heavy atom. The molecular weight excluding hydrogens is 250 g/mol. The highest BCUT2D eigenvalue weighted by Gasteiger charge is 2.39. The Labute approximate surface area is 112 Å². The number of rotatable bonds is 13. The first kappa shape index (κ1) is 18.0. The molecule has 0 saturated heterocycles. The fourth-order valence-corrected chi connectivity index (χ4v) is 4.37. The second-order valence-corrected chi connectivity index (χ2v) is 6.64. The SMILES string of the molecule is CCO[Si](CCCNCCCO)(OCC)OCC. The molecule has 0 aliphatic heterocycles. The maximum Gasteiger partial charge on any atom is 0.500 e. The summed E-state index contributed by atoms with van der Waals surface area (Å²) in [5.74, 6) is 0. The molecule has 0 heterocycles. The van der Waals surface area contributed by atoms with E-state index in [1.54, 1.807) is 0 Å². The summed E-state index contributed by atoms with van der Waals surface area (Å²) in [6, 6.07) is 0.842. The molecule has 0 rings (SSSR count). The smallest absolute Gasteiger partial charge is 0.396 e. The van der Waals surface area contributed by atoms with Crippen LogP contribution in [-0.4, -0.2) is 53.4 Å². The first-order valence-corrected chi connectivity index (χ1v) is 8.91. The van der Waals surface area contributed by atoms with Crippen molar-refractivity contribution in [1.82, 2.24) is 5.32 Å². The topological polar surface area (TPSA) is 60.0 Å². The van der Waals surface area contributed by atoms with Crippen molar-refractivity contribution in [2.24, 2.45) is 0 Å². The van der Waals surface area contributed by atoms with Gasteiger partial charge in [-0.2, -0.15) is 0 Å². The van der Waals surface area contributed by atoms with Crippen molar-refractivity contribution < 1.29 is 18.4 Å². The maximum absolute atomic E-state index is 8.67. The fourth-order valence-electron chi connectivity index (χ4n) is 1.76. The number of nitrogens with one attached hydrogen (secondary N) is 1. The molecule has 2 N–H and O–H groups in total. The van der Waals surface area contributed by atoms with E-state index in [2.05, 4.69) is 5.32 Å². The Morgan fingerprint density at radius 3 is 1.83 bits per heavy atom. The lowest BCUT2D eigenvalue weighted by Crippen LogP contribution is -2.46. The summed E-state index contributed by atoms with van der Waals surface area (Å²) in [6.07, 6.45) is 1.77. The Kier molecular flexibility index (Phi) is 12.1. The average Bonchev–Trinajstić information content (AvgIpc) is 2.35. The van der Waals surface area contributed by atoms with Crippen LogP contribution in [0.1, 0.15) is 33.6 Å². The van der Waals surface area contributed by atoms with Gasteiger partial charge in [0.25, 0.3) is 0 Å². The quantitative estimate of drug-likeness (QED) is 0.394. The highest BCUT2D eigenvalue weighted by molar-refractivity contribution is 6.60. The Hall–Kier alpha value is 0.0169. The number of hydrogen-bond donors (Lipinski definition) is 2. The highest BCUT2D eigenvalue weighted by atomic mass is 28.4. The van der Waals surface area contributed by atoms with E-state index in [-0.39, 0.29) is 6.61 Å². The van der Waals surface area contributed by atoms with Crippen LogP contribution < -0.4 is 5.32 Å². The summed E-state index contributed by atoms with van der Waals surface area (Å²) < 4.78 is 17.3. The summed E-state index contributed by atoms with van der Waals surface area (Å²) in [6.45, 7) is 9.80. The normalized spacial score (nSPS) is 12.0. The molecule has 110 valence electrons. The van der Waals surface area contributed by atoms with Gasteiger partial charge >= 0.3 is 8.80 Å². The number of aliphatic hydroxyl groups is 1. The summed E-state index contributed by atoms with van der Waals surface area (Å²) in [5.41, 5.74) is 0. The molecule has 0 unspecified atom stereocenters. The first-order valence-electron chi connectivity index (χ1n) is 6.98. The van der Waals surface area contributed by atoms with Crippen molar-refractivity contribution in [2.45, 2.75) is 39.7 Å². The zero-order valence-corrected chi connectivity index (χ0v) is 13.0. The maximum atomic E-state index is 8.67. The van der Waals surface area contributed by atoms with E-state index in [0.29, 0.717) is 19.8 Å². The van der Waals surface area contributed by atoms with Crippen LogP contribution in [0.15, 0.2) is 0 Å². The van der Waals surface area contributed by atoms with Gasteiger partial charge in [-0.1, -0.05) is 0 Å². The number of aliphatic hydroxyl groups excluding tert-OH is 1. The van der Waals surface area contributed by atoms with E-state index in [1.807, 2.05) is 20.8 Å². The second kappa shape index (κ2) is 12.1. The van der Waals surface area contributed by atoms with Crippen LogP contribution >= 0.6 is 0 Å². The van der Waals surface area contributed by atoms with Crippen molar-refractivity contribution in [3.05, 3.63) is 0 Å². The summed E-state index contributed by atoms with van der Waals surface area (Å²) in [7, 11) is -2.45. The zero-order chi connectivity index (χ0) is 13.7. The van der Waals surface area contributed by atoms with Gasteiger partial charge in [0.05, 0.1) is 0 Å². The second-order valence-electron chi connectivity index (χ2n) is 3.91. The van der Waals surface area contributed by atoms with Gasteiger partial charge in [0.15, 0.2) is 0 Å². The largest absolute Gasteiger partial charge is 0.500 e. The fraction of sp³-hybridized carbons (Fsp3) is 1.00. The molecule has 5 nitrogen and oxygen atoms in total. The van der Waals surface area contributed by atoms with Crippen LogP contribution in [0.2, 0.25) is 6.04 Å². The molecule has 0 fully saturated rings. The van der Waals surface area contributed by atoms with E-state index in [1.165, 1.54) is 0 Å². The summed E-state index contributed by atoms with van der Waals surface area (Å²) in [4.78, 5) is 0. The van der Waals surface area contributed by atoms with E-state index in [9.17, 15) is 0 Å². The standard InChI is InChI=1S/C12H29NO4Si/c1-4-15-18(16-5-2,17-6-3)12-8-10-13-9-7-11-14/h13-14H,4-12H2,1-3H3.